The lowest BCUT2D eigenvalue weighted by Gasteiger charge is -2.18. The molecule has 0 aliphatic carbocycles. The minimum absolute atomic E-state index is 0.0881. The molecule has 6 heteroatoms. The molecule has 1 unspecified atom stereocenters. The molecule has 0 aromatic heterocycles. The van der Waals surface area contributed by atoms with Crippen molar-refractivity contribution in [2.45, 2.75) is 200 Å². The van der Waals surface area contributed by atoms with Crippen molar-refractivity contribution in [1.29, 1.82) is 0 Å². The van der Waals surface area contributed by atoms with Crippen LogP contribution in [0.15, 0.2) is 48.6 Å². The van der Waals surface area contributed by atoms with Gasteiger partial charge in [-0.15, -0.1) is 0 Å². The maximum Gasteiger partial charge on any atom is 0.306 e. The van der Waals surface area contributed by atoms with Crippen LogP contribution in [0, 0.1) is 0 Å². The third-order valence-electron chi connectivity index (χ3n) is 8.60. The molecule has 0 fully saturated rings. The zero-order valence-electron chi connectivity index (χ0n) is 32.7. The van der Waals surface area contributed by atoms with E-state index in [2.05, 4.69) is 69.4 Å². The van der Waals surface area contributed by atoms with Crippen LogP contribution in [0.25, 0.3) is 0 Å². The molecule has 0 saturated heterocycles. The van der Waals surface area contributed by atoms with Gasteiger partial charge in [-0.2, -0.15) is 0 Å². The highest BCUT2D eigenvalue weighted by Gasteiger charge is 2.19. The van der Waals surface area contributed by atoms with E-state index in [1.807, 2.05) is 0 Å². The van der Waals surface area contributed by atoms with Crippen LogP contribution in [0.4, 0.5) is 0 Å². The fourth-order valence-corrected chi connectivity index (χ4v) is 5.45. The van der Waals surface area contributed by atoms with Crippen molar-refractivity contribution < 1.29 is 28.6 Å². The summed E-state index contributed by atoms with van der Waals surface area (Å²) in [5, 5.41) is 0. The van der Waals surface area contributed by atoms with Gasteiger partial charge in [0.2, 0.25) is 0 Å². The monoisotopic (exact) mass is 701 g/mol. The van der Waals surface area contributed by atoms with E-state index < -0.39 is 6.10 Å². The molecule has 0 rings (SSSR count). The number of allylic oxidation sites excluding steroid dienone is 8. The Morgan fingerprint density at radius 1 is 0.440 bits per heavy atom. The Kier molecular flexibility index (Phi) is 37.1. The van der Waals surface area contributed by atoms with Gasteiger partial charge < -0.3 is 14.2 Å². The first-order valence-corrected chi connectivity index (χ1v) is 20.7. The van der Waals surface area contributed by atoms with Crippen molar-refractivity contribution in [1.82, 2.24) is 0 Å². The van der Waals surface area contributed by atoms with Crippen molar-refractivity contribution in [3.63, 3.8) is 0 Å². The molecule has 0 aromatic rings. The van der Waals surface area contributed by atoms with Crippen LogP contribution in [-0.4, -0.2) is 37.2 Å². The summed E-state index contributed by atoms with van der Waals surface area (Å²) in [6.45, 7) is 6.39. The second-order valence-electron chi connectivity index (χ2n) is 13.5. The van der Waals surface area contributed by atoms with Gasteiger partial charge in [-0.25, -0.2) is 0 Å². The van der Waals surface area contributed by atoms with E-state index in [4.69, 9.17) is 14.2 Å². The van der Waals surface area contributed by atoms with E-state index in [0.717, 1.165) is 103 Å². The summed E-state index contributed by atoms with van der Waals surface area (Å²) in [6.07, 6.45) is 43.8. The number of ether oxygens (including phenoxy) is 3. The Hall–Kier alpha value is -2.63. The van der Waals surface area contributed by atoms with Crippen LogP contribution in [0.1, 0.15) is 194 Å². The van der Waals surface area contributed by atoms with Crippen LogP contribution >= 0.6 is 0 Å². The largest absolute Gasteiger partial charge is 0.462 e. The standard InChI is InChI=1S/C44H76O6/c1-4-7-10-13-16-19-21-23-25-28-31-34-37-43(46)49-40-41(39-48-42(45)36-33-30-27-24-18-15-12-9-6-3)50-44(47)38-35-32-29-26-22-20-17-14-11-8-5-2/h7,10,14,16-17,19-20,22,41H,4-6,8-9,11-13,15,18,21,23-40H2,1-3H3/b10-7-,17-14-,19-16-,22-20-. The van der Waals surface area contributed by atoms with Gasteiger partial charge >= 0.3 is 17.9 Å². The van der Waals surface area contributed by atoms with Gasteiger partial charge in [-0.3, -0.25) is 14.4 Å². The number of hydrogen-bond acceptors (Lipinski definition) is 6. The fourth-order valence-electron chi connectivity index (χ4n) is 5.45. The lowest BCUT2D eigenvalue weighted by Crippen LogP contribution is -2.30. The number of carbonyl (C=O) groups excluding carboxylic acids is 3. The molecule has 1 atom stereocenters. The van der Waals surface area contributed by atoms with Gasteiger partial charge in [0.1, 0.15) is 13.2 Å². The van der Waals surface area contributed by atoms with Gasteiger partial charge in [0.15, 0.2) is 6.10 Å². The second-order valence-corrected chi connectivity index (χ2v) is 13.5. The molecule has 0 aliphatic heterocycles. The third kappa shape index (κ3) is 36.6. The van der Waals surface area contributed by atoms with Gasteiger partial charge in [-0.1, -0.05) is 159 Å². The molecule has 6 nitrogen and oxygen atoms in total. The summed E-state index contributed by atoms with van der Waals surface area (Å²) in [5.41, 5.74) is 0. The number of hydrogen-bond donors (Lipinski definition) is 0. The molecular formula is C44H76O6. The van der Waals surface area contributed by atoms with Crippen molar-refractivity contribution in [2.75, 3.05) is 13.2 Å². The molecule has 0 radical (unpaired) electrons. The molecule has 0 amide bonds. The van der Waals surface area contributed by atoms with Crippen molar-refractivity contribution in [3.05, 3.63) is 48.6 Å². The molecule has 0 bridgehead atoms. The topological polar surface area (TPSA) is 78.9 Å². The molecule has 0 N–H and O–H groups in total. The summed E-state index contributed by atoms with van der Waals surface area (Å²) in [5.74, 6) is -0.941. The minimum Gasteiger partial charge on any atom is -0.462 e. The summed E-state index contributed by atoms with van der Waals surface area (Å²) >= 11 is 0. The van der Waals surface area contributed by atoms with Crippen LogP contribution in [0.3, 0.4) is 0 Å². The molecule has 50 heavy (non-hydrogen) atoms. The predicted molar refractivity (Wildman–Crippen MR) is 210 cm³/mol. The van der Waals surface area contributed by atoms with E-state index in [-0.39, 0.29) is 31.1 Å². The normalized spacial score (nSPS) is 12.5. The first-order chi connectivity index (χ1) is 24.5. The van der Waals surface area contributed by atoms with Gasteiger partial charge in [0, 0.05) is 19.3 Å². The quantitative estimate of drug-likeness (QED) is 0.0213. The minimum atomic E-state index is -0.786. The maximum atomic E-state index is 12.6. The molecule has 0 aliphatic rings. The summed E-state index contributed by atoms with van der Waals surface area (Å²) < 4.78 is 16.6. The zero-order valence-corrected chi connectivity index (χ0v) is 32.7. The number of rotatable bonds is 36. The van der Waals surface area contributed by atoms with Crippen LogP contribution < -0.4 is 0 Å². The van der Waals surface area contributed by atoms with Crippen LogP contribution in [0.5, 0.6) is 0 Å². The Balaban J connectivity index is 4.44. The van der Waals surface area contributed by atoms with E-state index in [9.17, 15) is 14.4 Å². The van der Waals surface area contributed by atoms with Gasteiger partial charge in [0.25, 0.3) is 0 Å². The molecule has 288 valence electrons. The Labute approximate surface area is 307 Å². The average molecular weight is 701 g/mol. The van der Waals surface area contributed by atoms with E-state index in [0.29, 0.717) is 19.3 Å². The van der Waals surface area contributed by atoms with Gasteiger partial charge in [-0.05, 0) is 64.2 Å². The van der Waals surface area contributed by atoms with E-state index >= 15 is 0 Å². The number of esters is 3. The molecule has 0 aromatic carbocycles. The summed E-state index contributed by atoms with van der Waals surface area (Å²) in [7, 11) is 0. The SMILES string of the molecule is CC/C=C\C/C=C\CCCCCCCC(=O)OCC(COC(=O)CCCCCCCCCCC)OC(=O)CCCCC/C=C\C=C/CCCC. The number of unbranched alkanes of at least 4 members (excludes halogenated alkanes) is 18. The average Bonchev–Trinajstić information content (AvgIpc) is 3.11. The van der Waals surface area contributed by atoms with Crippen molar-refractivity contribution in [2.24, 2.45) is 0 Å². The maximum absolute atomic E-state index is 12.6. The van der Waals surface area contributed by atoms with Crippen LogP contribution in [0.2, 0.25) is 0 Å². The lowest BCUT2D eigenvalue weighted by molar-refractivity contribution is -0.167. The lowest BCUT2D eigenvalue weighted by atomic mass is 10.1. The Morgan fingerprint density at radius 2 is 0.860 bits per heavy atom. The first-order valence-electron chi connectivity index (χ1n) is 20.7. The van der Waals surface area contributed by atoms with E-state index in [1.54, 1.807) is 0 Å². The Morgan fingerprint density at radius 3 is 1.40 bits per heavy atom. The molecular weight excluding hydrogens is 624 g/mol. The molecule has 0 spiro atoms. The summed E-state index contributed by atoms with van der Waals surface area (Å²) in [4.78, 5) is 37.5. The fraction of sp³-hybridized carbons (Fsp3) is 0.750. The highest BCUT2D eigenvalue weighted by molar-refractivity contribution is 5.71. The first kappa shape index (κ1) is 47.4. The van der Waals surface area contributed by atoms with Crippen molar-refractivity contribution in [3.8, 4) is 0 Å². The molecule has 0 saturated carbocycles. The highest BCUT2D eigenvalue weighted by Crippen LogP contribution is 2.13. The smallest absolute Gasteiger partial charge is 0.306 e. The van der Waals surface area contributed by atoms with Crippen LogP contribution in [-0.2, 0) is 28.6 Å². The van der Waals surface area contributed by atoms with Gasteiger partial charge in [0.05, 0.1) is 0 Å². The third-order valence-corrected chi connectivity index (χ3v) is 8.60. The Bertz CT molecular complexity index is 902. The zero-order chi connectivity index (χ0) is 36.6. The van der Waals surface area contributed by atoms with Crippen molar-refractivity contribution >= 4 is 17.9 Å². The highest BCUT2D eigenvalue weighted by atomic mass is 16.6. The second kappa shape index (κ2) is 39.2. The van der Waals surface area contributed by atoms with E-state index in [1.165, 1.54) is 51.4 Å². The number of carbonyl (C=O) groups is 3. The predicted octanol–water partition coefficient (Wildman–Crippen LogP) is 12.8. The molecule has 0 heterocycles. The summed E-state index contributed by atoms with van der Waals surface area (Å²) in [6, 6.07) is 0.